The fourth-order valence-electron chi connectivity index (χ4n) is 1.67. The molecule has 5 heteroatoms. The van der Waals surface area contributed by atoms with Crippen LogP contribution in [0.5, 0.6) is 0 Å². The highest BCUT2D eigenvalue weighted by Gasteiger charge is 2.17. The van der Waals surface area contributed by atoms with Crippen molar-refractivity contribution in [2.24, 2.45) is 5.92 Å². The van der Waals surface area contributed by atoms with Crippen LogP contribution < -0.4 is 5.32 Å². The molecule has 1 aliphatic rings. The molecule has 1 fully saturated rings. The molecule has 1 saturated heterocycles. The number of aromatic nitrogens is 1. The van der Waals surface area contributed by atoms with E-state index >= 15 is 0 Å². The van der Waals surface area contributed by atoms with Crippen molar-refractivity contribution < 1.29 is 4.21 Å². The van der Waals surface area contributed by atoms with E-state index in [4.69, 9.17) is 0 Å². The number of nitrogens with zero attached hydrogens (tertiary/aromatic N) is 1. The standard InChI is InChI=1S/C9H14N2OS2/c12-14(9-11-4-5-13-9)7-8-2-1-3-10-6-8/h4-5,8,10H,1-3,6-7H2/t8-,14-/m0/s1. The smallest absolute Gasteiger partial charge is 0.180 e. The summed E-state index contributed by atoms with van der Waals surface area (Å²) in [5.41, 5.74) is 0. The van der Waals surface area contributed by atoms with E-state index in [1.54, 1.807) is 6.20 Å². The summed E-state index contributed by atoms with van der Waals surface area (Å²) in [5, 5.41) is 5.22. The Morgan fingerprint density at radius 3 is 3.29 bits per heavy atom. The summed E-state index contributed by atoms with van der Waals surface area (Å²) >= 11 is 1.49. The second-order valence-electron chi connectivity index (χ2n) is 3.52. The van der Waals surface area contributed by atoms with Gasteiger partial charge in [-0.1, -0.05) is 0 Å². The van der Waals surface area contributed by atoms with Crippen molar-refractivity contribution in [1.29, 1.82) is 0 Å². The predicted molar refractivity (Wildman–Crippen MR) is 59.0 cm³/mol. The summed E-state index contributed by atoms with van der Waals surface area (Å²) in [6, 6.07) is 0. The van der Waals surface area contributed by atoms with Gasteiger partial charge in [0, 0.05) is 17.3 Å². The van der Waals surface area contributed by atoms with Crippen molar-refractivity contribution >= 4 is 22.1 Å². The normalized spacial score (nSPS) is 24.7. The van der Waals surface area contributed by atoms with Gasteiger partial charge in [0.05, 0.1) is 10.8 Å². The molecule has 0 spiro atoms. The lowest BCUT2D eigenvalue weighted by Crippen LogP contribution is -2.32. The molecule has 0 saturated carbocycles. The number of rotatable bonds is 3. The highest BCUT2D eigenvalue weighted by atomic mass is 32.2. The molecule has 1 N–H and O–H groups in total. The molecule has 2 heterocycles. The van der Waals surface area contributed by atoms with Crippen LogP contribution in [0, 0.1) is 5.92 Å². The van der Waals surface area contributed by atoms with E-state index in [1.807, 2.05) is 5.38 Å². The monoisotopic (exact) mass is 230 g/mol. The summed E-state index contributed by atoms with van der Waals surface area (Å²) in [6.07, 6.45) is 4.13. The van der Waals surface area contributed by atoms with Crippen LogP contribution in [0.1, 0.15) is 12.8 Å². The molecule has 14 heavy (non-hydrogen) atoms. The van der Waals surface area contributed by atoms with Crippen LogP contribution >= 0.6 is 11.3 Å². The van der Waals surface area contributed by atoms with Gasteiger partial charge >= 0.3 is 0 Å². The van der Waals surface area contributed by atoms with Gasteiger partial charge in [-0.3, -0.25) is 4.21 Å². The second-order valence-corrected chi connectivity index (χ2v) is 6.09. The highest BCUT2D eigenvalue weighted by Crippen LogP contribution is 2.16. The molecule has 2 atom stereocenters. The maximum absolute atomic E-state index is 11.8. The Kier molecular flexibility index (Phi) is 3.67. The van der Waals surface area contributed by atoms with Gasteiger partial charge < -0.3 is 5.32 Å². The third-order valence-corrected chi connectivity index (χ3v) is 5.07. The molecule has 0 amide bonds. The maximum Gasteiger partial charge on any atom is 0.180 e. The van der Waals surface area contributed by atoms with Gasteiger partial charge in [-0.25, -0.2) is 4.98 Å². The highest BCUT2D eigenvalue weighted by molar-refractivity contribution is 7.87. The van der Waals surface area contributed by atoms with Crippen LogP contribution in [0.4, 0.5) is 0 Å². The molecule has 0 bridgehead atoms. The predicted octanol–water partition coefficient (Wildman–Crippen LogP) is 1.25. The molecule has 1 aliphatic heterocycles. The first-order valence-corrected chi connectivity index (χ1v) is 7.04. The van der Waals surface area contributed by atoms with E-state index < -0.39 is 10.8 Å². The first-order valence-electron chi connectivity index (χ1n) is 4.85. The summed E-state index contributed by atoms with van der Waals surface area (Å²) in [4.78, 5) is 4.08. The Morgan fingerprint density at radius 1 is 1.71 bits per heavy atom. The van der Waals surface area contributed by atoms with Crippen molar-refractivity contribution in [1.82, 2.24) is 10.3 Å². The maximum atomic E-state index is 11.8. The topological polar surface area (TPSA) is 42.0 Å². The fourth-order valence-corrected chi connectivity index (χ4v) is 3.87. The van der Waals surface area contributed by atoms with E-state index in [2.05, 4.69) is 10.3 Å². The Labute approximate surface area is 90.4 Å². The molecule has 1 aromatic heterocycles. The van der Waals surface area contributed by atoms with E-state index in [0.717, 1.165) is 23.2 Å². The van der Waals surface area contributed by atoms with Crippen LogP contribution in [0.2, 0.25) is 0 Å². The van der Waals surface area contributed by atoms with E-state index in [-0.39, 0.29) is 0 Å². The zero-order valence-corrected chi connectivity index (χ0v) is 9.57. The van der Waals surface area contributed by atoms with Crippen molar-refractivity contribution in [3.63, 3.8) is 0 Å². The Morgan fingerprint density at radius 2 is 2.64 bits per heavy atom. The number of hydrogen-bond donors (Lipinski definition) is 1. The van der Waals surface area contributed by atoms with Crippen molar-refractivity contribution in [3.05, 3.63) is 11.6 Å². The number of nitrogens with one attached hydrogen (secondary N) is 1. The van der Waals surface area contributed by atoms with Gasteiger partial charge in [-0.2, -0.15) is 0 Å². The molecule has 2 rings (SSSR count). The second kappa shape index (κ2) is 5.00. The summed E-state index contributed by atoms with van der Waals surface area (Å²) in [7, 11) is -0.882. The lowest BCUT2D eigenvalue weighted by molar-refractivity contribution is 0.408. The summed E-state index contributed by atoms with van der Waals surface area (Å²) in [6.45, 7) is 2.12. The molecular weight excluding hydrogens is 216 g/mol. The van der Waals surface area contributed by atoms with Crippen LogP contribution in [-0.4, -0.2) is 28.0 Å². The van der Waals surface area contributed by atoms with E-state index in [9.17, 15) is 4.21 Å². The molecule has 78 valence electrons. The van der Waals surface area contributed by atoms with Gasteiger partial charge in [-0.05, 0) is 31.8 Å². The van der Waals surface area contributed by atoms with Crippen LogP contribution in [0.3, 0.4) is 0 Å². The largest absolute Gasteiger partial charge is 0.316 e. The SMILES string of the molecule is O=[S@@](C[C@H]1CCCNC1)c1nccs1. The van der Waals surface area contributed by atoms with Crippen molar-refractivity contribution in [3.8, 4) is 0 Å². The van der Waals surface area contributed by atoms with E-state index in [1.165, 1.54) is 24.2 Å². The average Bonchev–Trinajstić information content (AvgIpc) is 2.72. The quantitative estimate of drug-likeness (QED) is 0.850. The third-order valence-electron chi connectivity index (χ3n) is 2.39. The first kappa shape index (κ1) is 10.3. The molecule has 0 radical (unpaired) electrons. The molecule has 0 unspecified atom stereocenters. The minimum absolute atomic E-state index is 0.563. The van der Waals surface area contributed by atoms with Crippen LogP contribution in [0.15, 0.2) is 15.9 Å². The average molecular weight is 230 g/mol. The summed E-state index contributed by atoms with van der Waals surface area (Å²) < 4.78 is 12.6. The molecular formula is C9H14N2OS2. The number of piperidine rings is 1. The fraction of sp³-hybridized carbons (Fsp3) is 0.667. The van der Waals surface area contributed by atoms with Gasteiger partial charge in [-0.15, -0.1) is 11.3 Å². The Balaban J connectivity index is 1.87. The van der Waals surface area contributed by atoms with Gasteiger partial charge in [0.1, 0.15) is 0 Å². The minimum atomic E-state index is -0.882. The molecule has 3 nitrogen and oxygen atoms in total. The lowest BCUT2D eigenvalue weighted by Gasteiger charge is -2.21. The van der Waals surface area contributed by atoms with Gasteiger partial charge in [0.15, 0.2) is 4.34 Å². The van der Waals surface area contributed by atoms with Gasteiger partial charge in [0.25, 0.3) is 0 Å². The van der Waals surface area contributed by atoms with Crippen molar-refractivity contribution in [2.45, 2.75) is 17.2 Å². The summed E-state index contributed by atoms with van der Waals surface area (Å²) in [5.74, 6) is 1.33. The Hall–Kier alpha value is -0.260. The van der Waals surface area contributed by atoms with Crippen LogP contribution in [-0.2, 0) is 10.8 Å². The van der Waals surface area contributed by atoms with Crippen LogP contribution in [0.25, 0.3) is 0 Å². The zero-order valence-electron chi connectivity index (χ0n) is 7.94. The van der Waals surface area contributed by atoms with E-state index in [0.29, 0.717) is 5.92 Å². The third kappa shape index (κ3) is 2.62. The van der Waals surface area contributed by atoms with Gasteiger partial charge in [0.2, 0.25) is 0 Å². The number of thiazole rings is 1. The first-order chi connectivity index (χ1) is 6.86. The Bertz CT molecular complexity index is 294. The zero-order chi connectivity index (χ0) is 9.80. The molecule has 0 aliphatic carbocycles. The number of hydrogen-bond acceptors (Lipinski definition) is 4. The minimum Gasteiger partial charge on any atom is -0.316 e. The molecule has 0 aromatic carbocycles. The van der Waals surface area contributed by atoms with Crippen molar-refractivity contribution in [2.75, 3.05) is 18.8 Å². The lowest BCUT2D eigenvalue weighted by atomic mass is 10.0. The molecule has 1 aromatic rings.